The van der Waals surface area contributed by atoms with Gasteiger partial charge in [0.15, 0.2) is 0 Å². The van der Waals surface area contributed by atoms with E-state index in [2.05, 4.69) is 34.5 Å². The molecule has 92 valence electrons. The first-order chi connectivity index (χ1) is 8.42. The van der Waals surface area contributed by atoms with E-state index in [-0.39, 0.29) is 0 Å². The molecular formula is C14H20N2O. The van der Waals surface area contributed by atoms with Gasteiger partial charge in [-0.05, 0) is 24.1 Å². The van der Waals surface area contributed by atoms with E-state index >= 15 is 0 Å². The minimum Gasteiger partial charge on any atom is -0.379 e. The van der Waals surface area contributed by atoms with Crippen LogP contribution in [0.4, 0.5) is 0 Å². The smallest absolute Gasteiger partial charge is 0.0594 e. The predicted octanol–water partition coefficient (Wildman–Crippen LogP) is 1.55. The van der Waals surface area contributed by atoms with E-state index in [0.29, 0.717) is 6.04 Å². The Morgan fingerprint density at radius 3 is 2.47 bits per heavy atom. The van der Waals surface area contributed by atoms with Crippen molar-refractivity contribution in [3.8, 4) is 0 Å². The molecule has 2 aliphatic rings. The lowest BCUT2D eigenvalue weighted by Crippen LogP contribution is -2.36. The molecule has 0 radical (unpaired) electrons. The molecule has 1 aromatic carbocycles. The molecule has 2 fully saturated rings. The van der Waals surface area contributed by atoms with E-state index in [1.807, 2.05) is 0 Å². The number of rotatable bonds is 3. The summed E-state index contributed by atoms with van der Waals surface area (Å²) in [6.07, 6.45) is 1.28. The highest BCUT2D eigenvalue weighted by atomic mass is 16.5. The molecule has 0 saturated carbocycles. The average molecular weight is 232 g/mol. The zero-order valence-electron chi connectivity index (χ0n) is 10.2. The van der Waals surface area contributed by atoms with Crippen molar-refractivity contribution >= 4 is 0 Å². The second kappa shape index (κ2) is 5.17. The summed E-state index contributed by atoms with van der Waals surface area (Å²) in [5.41, 5.74) is 2.84. The zero-order valence-corrected chi connectivity index (χ0v) is 10.2. The molecule has 3 heteroatoms. The Bertz CT molecular complexity index is 353. The van der Waals surface area contributed by atoms with Crippen molar-refractivity contribution in [3.05, 3.63) is 35.4 Å². The van der Waals surface area contributed by atoms with Gasteiger partial charge >= 0.3 is 0 Å². The Morgan fingerprint density at radius 2 is 1.88 bits per heavy atom. The van der Waals surface area contributed by atoms with Crippen molar-refractivity contribution in [2.45, 2.75) is 19.0 Å². The first-order valence-corrected chi connectivity index (χ1v) is 6.54. The van der Waals surface area contributed by atoms with Crippen LogP contribution in [0.25, 0.3) is 0 Å². The lowest BCUT2D eigenvalue weighted by molar-refractivity contribution is 0.0342. The Labute approximate surface area is 103 Å². The standard InChI is InChI=1S/C14H20N2O/c1-3-13(14-5-6-15-14)4-2-12(1)11-16-7-9-17-10-8-16/h1-4,14-15H,5-11H2. The molecule has 1 aromatic rings. The summed E-state index contributed by atoms with van der Waals surface area (Å²) >= 11 is 0. The molecule has 0 bridgehead atoms. The number of hydrogen-bond acceptors (Lipinski definition) is 3. The lowest BCUT2D eigenvalue weighted by atomic mass is 9.97. The van der Waals surface area contributed by atoms with Gasteiger partial charge in [0.05, 0.1) is 13.2 Å². The Kier molecular flexibility index (Phi) is 3.41. The van der Waals surface area contributed by atoms with E-state index in [1.54, 1.807) is 0 Å². The van der Waals surface area contributed by atoms with Gasteiger partial charge in [-0.3, -0.25) is 4.90 Å². The van der Waals surface area contributed by atoms with Crippen molar-refractivity contribution in [1.82, 2.24) is 10.2 Å². The summed E-state index contributed by atoms with van der Waals surface area (Å²) in [6, 6.07) is 9.68. The molecule has 1 N–H and O–H groups in total. The van der Waals surface area contributed by atoms with Crippen molar-refractivity contribution < 1.29 is 4.74 Å². The largest absolute Gasteiger partial charge is 0.379 e. The Hall–Kier alpha value is -0.900. The van der Waals surface area contributed by atoms with Crippen molar-refractivity contribution in [3.63, 3.8) is 0 Å². The summed E-state index contributed by atoms with van der Waals surface area (Å²) in [4.78, 5) is 2.46. The maximum absolute atomic E-state index is 5.36. The van der Waals surface area contributed by atoms with Crippen LogP contribution >= 0.6 is 0 Å². The first-order valence-electron chi connectivity index (χ1n) is 6.54. The van der Waals surface area contributed by atoms with Crippen LogP contribution in [0.2, 0.25) is 0 Å². The van der Waals surface area contributed by atoms with E-state index in [0.717, 1.165) is 32.8 Å². The number of ether oxygens (including phenoxy) is 1. The third-order valence-electron chi connectivity index (χ3n) is 3.72. The van der Waals surface area contributed by atoms with Gasteiger partial charge in [0, 0.05) is 25.7 Å². The third-order valence-corrected chi connectivity index (χ3v) is 3.72. The fourth-order valence-corrected chi connectivity index (χ4v) is 2.45. The zero-order chi connectivity index (χ0) is 11.5. The average Bonchev–Trinajstić information content (AvgIpc) is 2.31. The van der Waals surface area contributed by atoms with Crippen LogP contribution in [0.1, 0.15) is 23.6 Å². The van der Waals surface area contributed by atoms with Crippen molar-refractivity contribution in [1.29, 1.82) is 0 Å². The Morgan fingerprint density at radius 1 is 1.18 bits per heavy atom. The summed E-state index contributed by atoms with van der Waals surface area (Å²) < 4.78 is 5.36. The normalized spacial score (nSPS) is 25.5. The molecule has 3 rings (SSSR count). The van der Waals surface area contributed by atoms with Gasteiger partial charge in [-0.25, -0.2) is 0 Å². The highest BCUT2D eigenvalue weighted by molar-refractivity contribution is 5.26. The lowest BCUT2D eigenvalue weighted by Gasteiger charge is -2.29. The summed E-state index contributed by atoms with van der Waals surface area (Å²) in [5, 5.41) is 3.44. The second-order valence-corrected chi connectivity index (χ2v) is 4.93. The number of hydrogen-bond donors (Lipinski definition) is 1. The van der Waals surface area contributed by atoms with E-state index in [4.69, 9.17) is 4.74 Å². The summed E-state index contributed by atoms with van der Waals surface area (Å²) in [5.74, 6) is 0. The fourth-order valence-electron chi connectivity index (χ4n) is 2.45. The minimum absolute atomic E-state index is 0.604. The summed E-state index contributed by atoms with van der Waals surface area (Å²) in [7, 11) is 0. The van der Waals surface area contributed by atoms with Gasteiger partial charge in [-0.15, -0.1) is 0 Å². The SMILES string of the molecule is c1cc(C2CCN2)ccc1CN1CCOCC1. The van der Waals surface area contributed by atoms with Gasteiger partial charge in [0.2, 0.25) is 0 Å². The maximum Gasteiger partial charge on any atom is 0.0594 e. The van der Waals surface area contributed by atoms with Crippen LogP contribution in [0.3, 0.4) is 0 Å². The number of nitrogens with zero attached hydrogens (tertiary/aromatic N) is 1. The minimum atomic E-state index is 0.604. The van der Waals surface area contributed by atoms with Gasteiger partial charge in [0.1, 0.15) is 0 Å². The topological polar surface area (TPSA) is 24.5 Å². The van der Waals surface area contributed by atoms with Crippen LogP contribution in [0.15, 0.2) is 24.3 Å². The van der Waals surface area contributed by atoms with Gasteiger partial charge in [-0.2, -0.15) is 0 Å². The van der Waals surface area contributed by atoms with Crippen molar-refractivity contribution in [2.24, 2.45) is 0 Å². The number of morpholine rings is 1. The monoisotopic (exact) mass is 232 g/mol. The molecule has 3 nitrogen and oxygen atoms in total. The molecule has 0 spiro atoms. The van der Waals surface area contributed by atoms with E-state index < -0.39 is 0 Å². The quantitative estimate of drug-likeness (QED) is 0.856. The van der Waals surface area contributed by atoms with Crippen LogP contribution in [-0.2, 0) is 11.3 Å². The second-order valence-electron chi connectivity index (χ2n) is 4.93. The summed E-state index contributed by atoms with van der Waals surface area (Å²) in [6.45, 7) is 6.11. The molecule has 1 unspecified atom stereocenters. The third kappa shape index (κ3) is 2.68. The molecule has 2 aliphatic heterocycles. The van der Waals surface area contributed by atoms with Crippen LogP contribution in [0.5, 0.6) is 0 Å². The van der Waals surface area contributed by atoms with Gasteiger partial charge in [0.25, 0.3) is 0 Å². The van der Waals surface area contributed by atoms with Crippen LogP contribution in [0, 0.1) is 0 Å². The molecule has 17 heavy (non-hydrogen) atoms. The molecule has 1 atom stereocenters. The Balaban J connectivity index is 1.59. The highest BCUT2D eigenvalue weighted by Crippen LogP contribution is 2.23. The highest BCUT2D eigenvalue weighted by Gasteiger charge is 2.18. The van der Waals surface area contributed by atoms with Gasteiger partial charge < -0.3 is 10.1 Å². The van der Waals surface area contributed by atoms with E-state index in [1.165, 1.54) is 24.1 Å². The van der Waals surface area contributed by atoms with Crippen molar-refractivity contribution in [2.75, 3.05) is 32.8 Å². The van der Waals surface area contributed by atoms with Crippen LogP contribution in [-0.4, -0.2) is 37.7 Å². The molecule has 0 amide bonds. The molecule has 2 heterocycles. The first kappa shape index (κ1) is 11.2. The fraction of sp³-hybridized carbons (Fsp3) is 0.571. The van der Waals surface area contributed by atoms with Crippen LogP contribution < -0.4 is 5.32 Å². The molecular weight excluding hydrogens is 212 g/mol. The molecule has 0 aromatic heterocycles. The molecule has 0 aliphatic carbocycles. The maximum atomic E-state index is 5.36. The number of nitrogens with one attached hydrogen (secondary N) is 1. The van der Waals surface area contributed by atoms with E-state index in [9.17, 15) is 0 Å². The molecule has 2 saturated heterocycles. The van der Waals surface area contributed by atoms with Gasteiger partial charge in [-0.1, -0.05) is 24.3 Å². The number of benzene rings is 1. The predicted molar refractivity (Wildman–Crippen MR) is 67.9 cm³/mol.